The van der Waals surface area contributed by atoms with Crippen LogP contribution in [0.25, 0.3) is 17.1 Å². The third kappa shape index (κ3) is 2.84. The summed E-state index contributed by atoms with van der Waals surface area (Å²) in [5.41, 5.74) is 4.67. The summed E-state index contributed by atoms with van der Waals surface area (Å²) in [6.07, 6.45) is 2.56. The highest BCUT2D eigenvalue weighted by atomic mass is 79.9. The summed E-state index contributed by atoms with van der Waals surface area (Å²) in [6, 6.07) is 11.8. The minimum atomic E-state index is -0.129. The van der Waals surface area contributed by atoms with Crippen molar-refractivity contribution in [1.82, 2.24) is 9.97 Å². The van der Waals surface area contributed by atoms with Gasteiger partial charge in [0.1, 0.15) is 0 Å². The highest BCUT2D eigenvalue weighted by molar-refractivity contribution is 9.10. The summed E-state index contributed by atoms with van der Waals surface area (Å²) in [5.74, 6) is 0.330. The Balaban J connectivity index is 1.57. The summed E-state index contributed by atoms with van der Waals surface area (Å²) in [5, 5.41) is 2.84. The predicted octanol–water partition coefficient (Wildman–Crippen LogP) is 4.67. The molecule has 0 aliphatic heterocycles. The van der Waals surface area contributed by atoms with Crippen LogP contribution in [0.1, 0.15) is 11.1 Å². The molecule has 0 atom stereocenters. The van der Waals surface area contributed by atoms with Crippen LogP contribution in [0, 0.1) is 0 Å². The zero-order valence-corrected chi connectivity index (χ0v) is 15.0. The number of aromatic amines is 1. The molecule has 4 rings (SSSR count). The number of anilines is 1. The Bertz CT molecular complexity index is 975. The molecule has 0 saturated heterocycles. The highest BCUT2D eigenvalue weighted by Crippen LogP contribution is 2.28. The van der Waals surface area contributed by atoms with Crippen LogP contribution >= 0.6 is 31.9 Å². The van der Waals surface area contributed by atoms with Crippen molar-refractivity contribution in [2.24, 2.45) is 0 Å². The standard InChI is InChI=1S/C17H11Br2N3O/c18-12-2-1-9-5-11(6-10(9)7-12)16(23)22-17-20-14-4-3-13(19)8-15(14)21-17/h1-4,6-8H,5H2,(H2,20,21,22,23). The van der Waals surface area contributed by atoms with Gasteiger partial charge >= 0.3 is 0 Å². The number of carbonyl (C=O) groups excluding carboxylic acids is 1. The Morgan fingerprint density at radius 3 is 2.78 bits per heavy atom. The molecule has 0 spiro atoms. The molecule has 0 fully saturated rings. The second-order valence-corrected chi connectivity index (χ2v) is 7.22. The fourth-order valence-corrected chi connectivity index (χ4v) is 3.42. The van der Waals surface area contributed by atoms with Crippen LogP contribution in [0.15, 0.2) is 50.9 Å². The number of halogens is 2. The fourth-order valence-electron chi connectivity index (χ4n) is 2.68. The van der Waals surface area contributed by atoms with Gasteiger partial charge in [0, 0.05) is 20.9 Å². The lowest BCUT2D eigenvalue weighted by Gasteiger charge is -2.02. The average Bonchev–Trinajstić information content (AvgIpc) is 3.09. The van der Waals surface area contributed by atoms with Crippen LogP contribution in [-0.2, 0) is 11.2 Å². The first-order valence-corrected chi connectivity index (χ1v) is 8.63. The van der Waals surface area contributed by atoms with Gasteiger partial charge in [0.2, 0.25) is 5.95 Å². The van der Waals surface area contributed by atoms with Crippen molar-refractivity contribution in [2.75, 3.05) is 5.32 Å². The lowest BCUT2D eigenvalue weighted by Crippen LogP contribution is -2.15. The minimum absolute atomic E-state index is 0.129. The van der Waals surface area contributed by atoms with Gasteiger partial charge in [-0.1, -0.05) is 37.9 Å². The van der Waals surface area contributed by atoms with Gasteiger partial charge in [0.15, 0.2) is 0 Å². The van der Waals surface area contributed by atoms with E-state index in [9.17, 15) is 4.79 Å². The molecule has 2 N–H and O–H groups in total. The molecule has 6 heteroatoms. The monoisotopic (exact) mass is 431 g/mol. The number of carbonyl (C=O) groups is 1. The summed E-state index contributed by atoms with van der Waals surface area (Å²) in [6.45, 7) is 0. The van der Waals surface area contributed by atoms with E-state index in [-0.39, 0.29) is 5.91 Å². The first kappa shape index (κ1) is 14.7. The summed E-state index contributed by atoms with van der Waals surface area (Å²) in [4.78, 5) is 20.0. The van der Waals surface area contributed by atoms with E-state index in [0.29, 0.717) is 12.4 Å². The topological polar surface area (TPSA) is 57.8 Å². The van der Waals surface area contributed by atoms with Gasteiger partial charge in [0.05, 0.1) is 11.0 Å². The van der Waals surface area contributed by atoms with Crippen molar-refractivity contribution in [3.05, 3.63) is 62.0 Å². The molecule has 0 radical (unpaired) electrons. The number of imidazole rings is 1. The van der Waals surface area contributed by atoms with E-state index in [0.717, 1.165) is 36.7 Å². The van der Waals surface area contributed by atoms with Crippen LogP contribution in [0.4, 0.5) is 5.95 Å². The number of nitrogens with one attached hydrogen (secondary N) is 2. The smallest absolute Gasteiger partial charge is 0.254 e. The van der Waals surface area contributed by atoms with Crippen LogP contribution in [0.2, 0.25) is 0 Å². The lowest BCUT2D eigenvalue weighted by molar-refractivity contribution is -0.112. The van der Waals surface area contributed by atoms with Gasteiger partial charge in [-0.05, 0) is 47.5 Å². The number of benzene rings is 2. The normalized spacial score (nSPS) is 13.0. The van der Waals surface area contributed by atoms with Crippen molar-refractivity contribution in [3.63, 3.8) is 0 Å². The van der Waals surface area contributed by atoms with E-state index in [1.54, 1.807) is 0 Å². The van der Waals surface area contributed by atoms with Gasteiger partial charge in [0.25, 0.3) is 5.91 Å². The second kappa shape index (κ2) is 5.62. The van der Waals surface area contributed by atoms with Gasteiger partial charge in [-0.15, -0.1) is 0 Å². The van der Waals surface area contributed by atoms with E-state index >= 15 is 0 Å². The minimum Gasteiger partial charge on any atom is -0.324 e. The van der Waals surface area contributed by atoms with Crippen molar-refractivity contribution in [1.29, 1.82) is 0 Å². The molecule has 1 aliphatic carbocycles. The summed E-state index contributed by atoms with van der Waals surface area (Å²) >= 11 is 6.87. The Morgan fingerprint density at radius 1 is 1.13 bits per heavy atom. The molecule has 1 heterocycles. The van der Waals surface area contributed by atoms with Crippen LogP contribution in [0.5, 0.6) is 0 Å². The van der Waals surface area contributed by atoms with Gasteiger partial charge in [-0.2, -0.15) is 0 Å². The molecular weight excluding hydrogens is 422 g/mol. The first-order chi connectivity index (χ1) is 11.1. The molecule has 1 amide bonds. The van der Waals surface area contributed by atoms with E-state index in [4.69, 9.17) is 0 Å². The van der Waals surface area contributed by atoms with Crippen LogP contribution in [-0.4, -0.2) is 15.9 Å². The molecule has 1 aromatic heterocycles. The summed E-state index contributed by atoms with van der Waals surface area (Å²) < 4.78 is 1.98. The van der Waals surface area contributed by atoms with Crippen molar-refractivity contribution in [2.45, 2.75) is 6.42 Å². The first-order valence-electron chi connectivity index (χ1n) is 7.04. The van der Waals surface area contributed by atoms with E-state index < -0.39 is 0 Å². The Hall–Kier alpha value is -1.92. The number of amides is 1. The van der Waals surface area contributed by atoms with Gasteiger partial charge in [-0.25, -0.2) is 4.98 Å². The van der Waals surface area contributed by atoms with Crippen LogP contribution in [0.3, 0.4) is 0 Å². The molecule has 0 bridgehead atoms. The second-order valence-electron chi connectivity index (χ2n) is 5.39. The quantitative estimate of drug-likeness (QED) is 0.618. The molecule has 0 saturated carbocycles. The van der Waals surface area contributed by atoms with E-state index in [1.165, 1.54) is 0 Å². The SMILES string of the molecule is O=C(Nc1nc2ccc(Br)cc2[nH]1)C1=Cc2cc(Br)ccc2C1. The molecular formula is C17H11Br2N3O. The number of fused-ring (bicyclic) bond motifs is 2. The molecule has 2 aromatic carbocycles. The lowest BCUT2D eigenvalue weighted by atomic mass is 10.1. The molecule has 1 aliphatic rings. The predicted molar refractivity (Wildman–Crippen MR) is 98.2 cm³/mol. The van der Waals surface area contributed by atoms with Crippen molar-refractivity contribution < 1.29 is 4.79 Å². The number of rotatable bonds is 2. The van der Waals surface area contributed by atoms with Crippen molar-refractivity contribution in [3.8, 4) is 0 Å². The third-order valence-electron chi connectivity index (χ3n) is 3.79. The Morgan fingerprint density at radius 2 is 1.91 bits per heavy atom. The maximum atomic E-state index is 12.5. The maximum Gasteiger partial charge on any atom is 0.254 e. The number of hydrogen-bond donors (Lipinski definition) is 2. The largest absolute Gasteiger partial charge is 0.324 e. The number of hydrogen-bond acceptors (Lipinski definition) is 2. The van der Waals surface area contributed by atoms with Crippen molar-refractivity contribution >= 4 is 60.8 Å². The fraction of sp³-hybridized carbons (Fsp3) is 0.0588. The van der Waals surface area contributed by atoms with Gasteiger partial charge in [-0.3, -0.25) is 10.1 Å². The molecule has 4 nitrogen and oxygen atoms in total. The maximum absolute atomic E-state index is 12.5. The van der Waals surface area contributed by atoms with E-state index in [2.05, 4.69) is 47.1 Å². The number of aromatic nitrogens is 2. The Kier molecular flexibility index (Phi) is 3.58. The van der Waals surface area contributed by atoms with Crippen LogP contribution < -0.4 is 5.32 Å². The highest BCUT2D eigenvalue weighted by Gasteiger charge is 2.19. The average molecular weight is 433 g/mol. The molecule has 0 unspecified atom stereocenters. The number of H-pyrrole nitrogens is 1. The number of nitrogens with zero attached hydrogens (tertiary/aromatic N) is 1. The molecule has 23 heavy (non-hydrogen) atoms. The zero-order chi connectivity index (χ0) is 16.0. The third-order valence-corrected chi connectivity index (χ3v) is 4.77. The molecule has 3 aromatic rings. The van der Waals surface area contributed by atoms with Gasteiger partial charge < -0.3 is 4.98 Å². The zero-order valence-electron chi connectivity index (χ0n) is 11.9. The van der Waals surface area contributed by atoms with E-state index in [1.807, 2.05) is 42.5 Å². The molecule has 114 valence electrons. The Labute approximate surface area is 149 Å². The summed E-state index contributed by atoms with van der Waals surface area (Å²) in [7, 11) is 0.